The SMILES string of the molecule is CCCNCC1CCN(CCc2ccco2)C1. The van der Waals surface area contributed by atoms with Crippen LogP contribution in [0.5, 0.6) is 0 Å². The van der Waals surface area contributed by atoms with Crippen LogP contribution in [0.25, 0.3) is 0 Å². The lowest BCUT2D eigenvalue weighted by molar-refractivity contribution is 0.316. The molecular weight excluding hydrogens is 212 g/mol. The summed E-state index contributed by atoms with van der Waals surface area (Å²) in [7, 11) is 0. The zero-order chi connectivity index (χ0) is 11.9. The zero-order valence-corrected chi connectivity index (χ0v) is 10.8. The molecule has 0 saturated carbocycles. The van der Waals surface area contributed by atoms with Gasteiger partial charge in [-0.25, -0.2) is 0 Å². The molecule has 1 aromatic heterocycles. The normalized spacial score (nSPS) is 21.1. The summed E-state index contributed by atoms with van der Waals surface area (Å²) in [5.74, 6) is 1.95. The van der Waals surface area contributed by atoms with Crippen LogP contribution in [0.1, 0.15) is 25.5 Å². The minimum absolute atomic E-state index is 0.846. The third-order valence-corrected chi connectivity index (χ3v) is 3.48. The van der Waals surface area contributed by atoms with Crippen LogP contribution in [0.15, 0.2) is 22.8 Å². The van der Waals surface area contributed by atoms with Crippen LogP contribution in [0, 0.1) is 5.92 Å². The molecule has 3 nitrogen and oxygen atoms in total. The van der Waals surface area contributed by atoms with Crippen molar-refractivity contribution in [2.45, 2.75) is 26.2 Å². The minimum atomic E-state index is 0.846. The van der Waals surface area contributed by atoms with E-state index in [1.54, 1.807) is 6.26 Å². The van der Waals surface area contributed by atoms with Crippen LogP contribution in [-0.4, -0.2) is 37.6 Å². The van der Waals surface area contributed by atoms with Crippen molar-refractivity contribution in [2.24, 2.45) is 5.92 Å². The largest absolute Gasteiger partial charge is 0.469 e. The summed E-state index contributed by atoms with van der Waals surface area (Å²) in [6, 6.07) is 4.03. The molecule has 1 N–H and O–H groups in total. The van der Waals surface area contributed by atoms with Crippen LogP contribution in [0.4, 0.5) is 0 Å². The molecule has 1 fully saturated rings. The maximum Gasteiger partial charge on any atom is 0.105 e. The van der Waals surface area contributed by atoms with E-state index in [-0.39, 0.29) is 0 Å². The number of hydrogen-bond donors (Lipinski definition) is 1. The summed E-state index contributed by atoms with van der Waals surface area (Å²) in [5.41, 5.74) is 0. The molecule has 0 amide bonds. The zero-order valence-electron chi connectivity index (χ0n) is 10.8. The summed E-state index contributed by atoms with van der Waals surface area (Å²) >= 11 is 0. The first-order valence-electron chi connectivity index (χ1n) is 6.84. The standard InChI is InChI=1S/C14H24N2O/c1-2-7-15-11-13-5-8-16(12-13)9-6-14-4-3-10-17-14/h3-4,10,13,15H,2,5-9,11-12H2,1H3. The number of hydrogen-bond acceptors (Lipinski definition) is 3. The first-order valence-corrected chi connectivity index (χ1v) is 6.84. The molecule has 1 aromatic rings. The Morgan fingerprint density at radius 3 is 3.24 bits per heavy atom. The van der Waals surface area contributed by atoms with E-state index >= 15 is 0 Å². The summed E-state index contributed by atoms with van der Waals surface area (Å²) in [5, 5.41) is 3.52. The summed E-state index contributed by atoms with van der Waals surface area (Å²) in [4.78, 5) is 2.56. The Balaban J connectivity index is 1.61. The quantitative estimate of drug-likeness (QED) is 0.735. The highest BCUT2D eigenvalue weighted by molar-refractivity contribution is 4.98. The highest BCUT2D eigenvalue weighted by Gasteiger charge is 2.21. The Labute approximate surface area is 104 Å². The van der Waals surface area contributed by atoms with Crippen molar-refractivity contribution in [3.05, 3.63) is 24.2 Å². The van der Waals surface area contributed by atoms with Gasteiger partial charge in [0.1, 0.15) is 5.76 Å². The van der Waals surface area contributed by atoms with Crippen molar-refractivity contribution in [3.8, 4) is 0 Å². The molecule has 17 heavy (non-hydrogen) atoms. The molecule has 2 rings (SSSR count). The van der Waals surface area contributed by atoms with Gasteiger partial charge in [-0.3, -0.25) is 0 Å². The molecule has 0 spiro atoms. The van der Waals surface area contributed by atoms with Gasteiger partial charge in [0.2, 0.25) is 0 Å². The van der Waals surface area contributed by atoms with Gasteiger partial charge in [-0.2, -0.15) is 0 Å². The third kappa shape index (κ3) is 4.17. The predicted molar refractivity (Wildman–Crippen MR) is 70.1 cm³/mol. The fourth-order valence-corrected chi connectivity index (χ4v) is 2.49. The molecule has 1 saturated heterocycles. The summed E-state index contributed by atoms with van der Waals surface area (Å²) in [6.45, 7) is 8.19. The van der Waals surface area contributed by atoms with Gasteiger partial charge in [0.15, 0.2) is 0 Å². The number of nitrogens with one attached hydrogen (secondary N) is 1. The fourth-order valence-electron chi connectivity index (χ4n) is 2.49. The van der Waals surface area contributed by atoms with Crippen molar-refractivity contribution in [1.82, 2.24) is 10.2 Å². The van der Waals surface area contributed by atoms with Crippen molar-refractivity contribution in [1.29, 1.82) is 0 Å². The Morgan fingerprint density at radius 2 is 2.47 bits per heavy atom. The summed E-state index contributed by atoms with van der Waals surface area (Å²) < 4.78 is 5.36. The number of likely N-dealkylation sites (tertiary alicyclic amines) is 1. The minimum Gasteiger partial charge on any atom is -0.469 e. The molecular formula is C14H24N2O. The smallest absolute Gasteiger partial charge is 0.105 e. The van der Waals surface area contributed by atoms with E-state index in [9.17, 15) is 0 Å². The van der Waals surface area contributed by atoms with Crippen LogP contribution in [0.3, 0.4) is 0 Å². The molecule has 0 radical (unpaired) electrons. The van der Waals surface area contributed by atoms with Crippen LogP contribution in [-0.2, 0) is 6.42 Å². The Bertz CT molecular complexity index is 297. The van der Waals surface area contributed by atoms with Gasteiger partial charge in [0, 0.05) is 19.5 Å². The highest BCUT2D eigenvalue weighted by atomic mass is 16.3. The predicted octanol–water partition coefficient (Wildman–Crippen LogP) is 2.14. The topological polar surface area (TPSA) is 28.4 Å². The number of nitrogens with zero attached hydrogens (tertiary/aromatic N) is 1. The second kappa shape index (κ2) is 6.82. The second-order valence-corrected chi connectivity index (χ2v) is 4.99. The van der Waals surface area contributed by atoms with E-state index in [0.29, 0.717) is 0 Å². The van der Waals surface area contributed by atoms with E-state index in [4.69, 9.17) is 4.42 Å². The molecule has 3 heteroatoms. The van der Waals surface area contributed by atoms with Gasteiger partial charge >= 0.3 is 0 Å². The number of furan rings is 1. The molecule has 1 aliphatic heterocycles. The molecule has 1 aliphatic rings. The second-order valence-electron chi connectivity index (χ2n) is 4.99. The first kappa shape index (κ1) is 12.7. The first-order chi connectivity index (χ1) is 8.38. The highest BCUT2D eigenvalue weighted by Crippen LogP contribution is 2.16. The molecule has 1 atom stereocenters. The van der Waals surface area contributed by atoms with Crippen molar-refractivity contribution < 1.29 is 4.42 Å². The van der Waals surface area contributed by atoms with Gasteiger partial charge in [-0.1, -0.05) is 6.92 Å². The fraction of sp³-hybridized carbons (Fsp3) is 0.714. The van der Waals surface area contributed by atoms with Gasteiger partial charge in [-0.05, 0) is 50.5 Å². The lowest BCUT2D eigenvalue weighted by Crippen LogP contribution is -2.28. The van der Waals surface area contributed by atoms with E-state index in [2.05, 4.69) is 23.2 Å². The molecule has 96 valence electrons. The summed E-state index contributed by atoms with van der Waals surface area (Å²) in [6.07, 6.45) is 5.38. The third-order valence-electron chi connectivity index (χ3n) is 3.48. The van der Waals surface area contributed by atoms with Crippen LogP contribution >= 0.6 is 0 Å². The Hall–Kier alpha value is -0.800. The number of rotatable bonds is 7. The molecule has 2 heterocycles. The average molecular weight is 236 g/mol. The van der Waals surface area contributed by atoms with Crippen LogP contribution < -0.4 is 5.32 Å². The van der Waals surface area contributed by atoms with E-state index in [0.717, 1.165) is 31.2 Å². The van der Waals surface area contributed by atoms with E-state index < -0.39 is 0 Å². The molecule has 0 aliphatic carbocycles. The van der Waals surface area contributed by atoms with Crippen molar-refractivity contribution >= 4 is 0 Å². The lowest BCUT2D eigenvalue weighted by Gasteiger charge is -2.15. The van der Waals surface area contributed by atoms with Gasteiger partial charge in [-0.15, -0.1) is 0 Å². The van der Waals surface area contributed by atoms with E-state index in [1.165, 1.54) is 32.5 Å². The molecule has 0 aromatic carbocycles. The maximum atomic E-state index is 5.36. The van der Waals surface area contributed by atoms with Crippen molar-refractivity contribution in [2.75, 3.05) is 32.7 Å². The van der Waals surface area contributed by atoms with Gasteiger partial charge in [0.05, 0.1) is 6.26 Å². The van der Waals surface area contributed by atoms with Gasteiger partial charge in [0.25, 0.3) is 0 Å². The molecule has 1 unspecified atom stereocenters. The van der Waals surface area contributed by atoms with Gasteiger partial charge < -0.3 is 14.6 Å². The maximum absolute atomic E-state index is 5.36. The van der Waals surface area contributed by atoms with E-state index in [1.807, 2.05) is 6.07 Å². The van der Waals surface area contributed by atoms with Crippen LogP contribution in [0.2, 0.25) is 0 Å². The lowest BCUT2D eigenvalue weighted by atomic mass is 10.1. The average Bonchev–Trinajstić information content (AvgIpc) is 2.98. The molecule has 0 bridgehead atoms. The monoisotopic (exact) mass is 236 g/mol. The Kier molecular flexibility index (Phi) is 5.08. The Morgan fingerprint density at radius 1 is 1.53 bits per heavy atom. The van der Waals surface area contributed by atoms with Crippen molar-refractivity contribution in [3.63, 3.8) is 0 Å².